The maximum Gasteiger partial charge on any atom is 0.410 e. The topological polar surface area (TPSA) is 111 Å². The van der Waals surface area contributed by atoms with Crippen molar-refractivity contribution in [2.24, 2.45) is 5.92 Å². The van der Waals surface area contributed by atoms with Crippen LogP contribution in [0.2, 0.25) is 0 Å². The number of aromatic hydroxyl groups is 1. The first-order valence-electron chi connectivity index (χ1n) is 11.6. The van der Waals surface area contributed by atoms with Gasteiger partial charge in [-0.2, -0.15) is 0 Å². The summed E-state index contributed by atoms with van der Waals surface area (Å²) in [6.45, 7) is 8.85. The number of ether oxygens (including phenoxy) is 1. The molecule has 2 N–H and O–H groups in total. The molecule has 3 aliphatic rings. The quantitative estimate of drug-likeness (QED) is 0.693. The molecule has 0 radical (unpaired) electrons. The molecular weight excluding hydrogens is 436 g/mol. The van der Waals surface area contributed by atoms with Crippen molar-refractivity contribution in [2.75, 3.05) is 49.5 Å². The summed E-state index contributed by atoms with van der Waals surface area (Å²) in [6.07, 6.45) is -0.365. The summed E-state index contributed by atoms with van der Waals surface area (Å²) >= 11 is 0. The molecule has 0 bridgehead atoms. The van der Waals surface area contributed by atoms with Gasteiger partial charge in [0.05, 0.1) is 23.3 Å². The molecule has 1 atom stereocenters. The second-order valence-corrected chi connectivity index (χ2v) is 10.1. The maximum absolute atomic E-state index is 13.1. The van der Waals surface area contributed by atoms with Gasteiger partial charge in [-0.1, -0.05) is 12.1 Å². The van der Waals surface area contributed by atoms with Gasteiger partial charge in [-0.25, -0.2) is 4.79 Å². The second-order valence-electron chi connectivity index (χ2n) is 10.1. The molecule has 1 aromatic carbocycles. The van der Waals surface area contributed by atoms with Crippen molar-refractivity contribution in [1.82, 2.24) is 20.0 Å². The molecule has 2 amide bonds. The number of nitrogens with zero attached hydrogens (tertiary/aromatic N) is 5. The van der Waals surface area contributed by atoms with E-state index in [1.807, 2.05) is 43.9 Å². The predicted molar refractivity (Wildman–Crippen MR) is 127 cm³/mol. The number of aromatic nitrogens is 2. The average molecular weight is 467 g/mol. The zero-order chi connectivity index (χ0) is 24.0. The molecule has 0 aliphatic carbocycles. The van der Waals surface area contributed by atoms with Gasteiger partial charge in [-0.3, -0.25) is 4.79 Å². The van der Waals surface area contributed by atoms with Gasteiger partial charge in [0.2, 0.25) is 5.91 Å². The van der Waals surface area contributed by atoms with Crippen molar-refractivity contribution >= 4 is 23.5 Å². The summed E-state index contributed by atoms with van der Waals surface area (Å²) in [4.78, 5) is 31.0. The molecule has 0 spiro atoms. The van der Waals surface area contributed by atoms with E-state index in [1.165, 1.54) is 0 Å². The monoisotopic (exact) mass is 466 g/mol. The number of piperazine rings is 1. The molecule has 0 unspecified atom stereocenters. The van der Waals surface area contributed by atoms with Gasteiger partial charge in [0.15, 0.2) is 5.82 Å². The van der Waals surface area contributed by atoms with E-state index in [0.29, 0.717) is 56.3 Å². The average Bonchev–Trinajstić information content (AvgIpc) is 2.76. The molecule has 34 heavy (non-hydrogen) atoms. The fourth-order valence-corrected chi connectivity index (χ4v) is 4.68. The van der Waals surface area contributed by atoms with E-state index in [0.717, 1.165) is 5.69 Å². The number of carbonyl (C=O) groups excluding carboxylic acids is 2. The lowest BCUT2D eigenvalue weighted by molar-refractivity contribution is -0.141. The number of phenols is 1. The highest BCUT2D eigenvalue weighted by Gasteiger charge is 2.42. The lowest BCUT2D eigenvalue weighted by atomic mass is 9.97. The molecule has 2 saturated heterocycles. The summed E-state index contributed by atoms with van der Waals surface area (Å²) in [7, 11) is 0. The van der Waals surface area contributed by atoms with Crippen molar-refractivity contribution in [2.45, 2.75) is 32.4 Å². The van der Waals surface area contributed by atoms with Crippen LogP contribution in [-0.2, 0) is 9.53 Å². The number of hydrogen-bond donors (Lipinski definition) is 2. The number of nitrogens with one attached hydrogen (secondary N) is 1. The van der Waals surface area contributed by atoms with Gasteiger partial charge in [0.1, 0.15) is 11.4 Å². The number of likely N-dealkylation sites (tertiary alicyclic amines) is 1. The smallest absolute Gasteiger partial charge is 0.410 e. The number of carbonyl (C=O) groups is 2. The van der Waals surface area contributed by atoms with E-state index in [-0.39, 0.29) is 29.7 Å². The van der Waals surface area contributed by atoms with Gasteiger partial charge < -0.3 is 29.9 Å². The van der Waals surface area contributed by atoms with E-state index in [9.17, 15) is 14.7 Å². The normalized spacial score (nSPS) is 20.1. The molecule has 1 aromatic heterocycles. The molecule has 5 rings (SSSR count). The van der Waals surface area contributed by atoms with Crippen LogP contribution in [-0.4, -0.2) is 88.0 Å². The zero-order valence-electron chi connectivity index (χ0n) is 19.7. The molecule has 10 nitrogen and oxygen atoms in total. The van der Waals surface area contributed by atoms with E-state index < -0.39 is 5.60 Å². The van der Waals surface area contributed by atoms with Crippen LogP contribution in [0.3, 0.4) is 0 Å². The number of fused-ring (bicyclic) bond motifs is 3. The SMILES string of the molecule is CC(C)(C)OC(=O)N1CC(C(=O)N2CCN3c4cc(-c5ccccc5O)nnc4NC[C@H]3C2)C1. The van der Waals surface area contributed by atoms with Crippen molar-refractivity contribution in [3.8, 4) is 17.0 Å². The molecule has 2 fully saturated rings. The molecule has 0 saturated carbocycles. The first-order chi connectivity index (χ1) is 16.2. The number of benzene rings is 1. The van der Waals surface area contributed by atoms with E-state index >= 15 is 0 Å². The minimum absolute atomic E-state index is 0.0907. The second kappa shape index (κ2) is 8.34. The minimum Gasteiger partial charge on any atom is -0.507 e. The van der Waals surface area contributed by atoms with Crippen LogP contribution < -0.4 is 10.2 Å². The van der Waals surface area contributed by atoms with E-state index in [2.05, 4.69) is 20.4 Å². The molecule has 10 heteroatoms. The lowest BCUT2D eigenvalue weighted by Gasteiger charge is -2.48. The Labute approximate surface area is 198 Å². The van der Waals surface area contributed by atoms with Gasteiger partial charge in [-0.05, 0) is 39.0 Å². The van der Waals surface area contributed by atoms with Crippen LogP contribution in [0, 0.1) is 5.92 Å². The first-order valence-corrected chi connectivity index (χ1v) is 11.6. The highest BCUT2D eigenvalue weighted by Crippen LogP contribution is 2.36. The van der Waals surface area contributed by atoms with Crippen LogP contribution in [0.5, 0.6) is 5.75 Å². The van der Waals surface area contributed by atoms with Gasteiger partial charge in [0, 0.05) is 44.8 Å². The Bertz CT molecular complexity index is 1110. The van der Waals surface area contributed by atoms with Gasteiger partial charge in [0.25, 0.3) is 0 Å². The number of phenolic OH excluding ortho intramolecular Hbond substituents is 1. The summed E-state index contributed by atoms with van der Waals surface area (Å²) < 4.78 is 5.39. The molecule has 180 valence electrons. The molecule has 4 heterocycles. The summed E-state index contributed by atoms with van der Waals surface area (Å²) in [5.41, 5.74) is 1.62. The molecule has 2 aromatic rings. The largest absolute Gasteiger partial charge is 0.507 e. The van der Waals surface area contributed by atoms with E-state index in [1.54, 1.807) is 17.0 Å². The van der Waals surface area contributed by atoms with Crippen LogP contribution in [0.1, 0.15) is 20.8 Å². The van der Waals surface area contributed by atoms with Crippen LogP contribution >= 0.6 is 0 Å². The highest BCUT2D eigenvalue weighted by molar-refractivity contribution is 5.83. The highest BCUT2D eigenvalue weighted by atomic mass is 16.6. The van der Waals surface area contributed by atoms with Crippen molar-refractivity contribution in [3.05, 3.63) is 30.3 Å². The Hall–Kier alpha value is -3.56. The Kier molecular flexibility index (Phi) is 5.45. The number of anilines is 2. The number of rotatable bonds is 2. The van der Waals surface area contributed by atoms with Gasteiger partial charge in [-0.15, -0.1) is 10.2 Å². The van der Waals surface area contributed by atoms with Crippen molar-refractivity contribution < 1.29 is 19.4 Å². The third-order valence-corrected chi connectivity index (χ3v) is 6.45. The number of para-hydroxylation sites is 1. The van der Waals surface area contributed by atoms with E-state index in [4.69, 9.17) is 4.74 Å². The number of hydrogen-bond acceptors (Lipinski definition) is 8. The third-order valence-electron chi connectivity index (χ3n) is 6.45. The fourth-order valence-electron chi connectivity index (χ4n) is 4.68. The number of amides is 2. The Balaban J connectivity index is 1.23. The van der Waals surface area contributed by atoms with Crippen molar-refractivity contribution in [1.29, 1.82) is 0 Å². The molecular formula is C24H30N6O4. The third kappa shape index (κ3) is 4.20. The maximum atomic E-state index is 13.1. The van der Waals surface area contributed by atoms with Crippen LogP contribution in [0.15, 0.2) is 30.3 Å². The minimum atomic E-state index is -0.545. The van der Waals surface area contributed by atoms with Crippen molar-refractivity contribution in [3.63, 3.8) is 0 Å². The lowest BCUT2D eigenvalue weighted by Crippen LogP contribution is -2.63. The summed E-state index contributed by atoms with van der Waals surface area (Å²) in [5, 5.41) is 22.2. The Morgan fingerprint density at radius 2 is 1.85 bits per heavy atom. The standard InChI is InChI=1S/C24H30N6O4/c1-24(2,3)34-23(33)29-12-15(13-29)22(32)28-8-9-30-16(14-28)11-25-21-19(30)10-18(26-27-21)17-6-4-5-7-20(17)31/h4-7,10,15-16,31H,8-9,11-14H2,1-3H3,(H,25,27)/t16-/m0/s1. The summed E-state index contributed by atoms with van der Waals surface area (Å²) in [5.74, 6) is 0.782. The van der Waals surface area contributed by atoms with Crippen LogP contribution in [0.4, 0.5) is 16.3 Å². The first kappa shape index (κ1) is 22.2. The Morgan fingerprint density at radius 3 is 2.59 bits per heavy atom. The zero-order valence-corrected chi connectivity index (χ0v) is 19.7. The fraction of sp³-hybridized carbons (Fsp3) is 0.500. The Morgan fingerprint density at radius 1 is 1.09 bits per heavy atom. The van der Waals surface area contributed by atoms with Gasteiger partial charge >= 0.3 is 6.09 Å². The molecule has 3 aliphatic heterocycles. The summed E-state index contributed by atoms with van der Waals surface area (Å²) in [6, 6.07) is 9.12. The van der Waals surface area contributed by atoms with Crippen LogP contribution in [0.25, 0.3) is 11.3 Å². The predicted octanol–water partition coefficient (Wildman–Crippen LogP) is 2.16.